The normalized spacial score (nSPS) is 28.9. The highest BCUT2D eigenvalue weighted by Gasteiger charge is 2.45. The lowest BCUT2D eigenvalue weighted by Crippen LogP contribution is -2.38. The summed E-state index contributed by atoms with van der Waals surface area (Å²) in [7, 11) is 1.52. The Hall–Kier alpha value is -1.52. The molecule has 1 fully saturated rings. The average Bonchev–Trinajstić information content (AvgIpc) is 2.76. The Bertz CT molecular complexity index is 522. The highest BCUT2D eigenvalue weighted by atomic mass is 16.6. The van der Waals surface area contributed by atoms with Gasteiger partial charge in [-0.05, 0) is 6.07 Å². The van der Waals surface area contributed by atoms with Gasteiger partial charge in [-0.2, -0.15) is 4.98 Å². The van der Waals surface area contributed by atoms with Gasteiger partial charge >= 0.3 is 5.69 Å². The Balaban J connectivity index is 2.23. The van der Waals surface area contributed by atoms with Crippen molar-refractivity contribution in [2.45, 2.75) is 24.5 Å². The molecule has 0 spiro atoms. The Morgan fingerprint density at radius 1 is 1.52 bits per heavy atom. The monoisotopic (exact) mass is 301 g/mol. The molecular weight excluding hydrogens is 282 g/mol. The molecule has 1 aliphatic heterocycles. The highest BCUT2D eigenvalue weighted by Crippen LogP contribution is 2.30. The molecule has 0 unspecified atom stereocenters. The second-order valence-electron chi connectivity index (χ2n) is 4.61. The predicted octanol–water partition coefficient (Wildman–Crippen LogP) is -1.89. The van der Waals surface area contributed by atoms with Crippen molar-refractivity contribution in [1.29, 1.82) is 0 Å². The van der Waals surface area contributed by atoms with Crippen LogP contribution in [0.3, 0.4) is 0 Å². The van der Waals surface area contributed by atoms with Gasteiger partial charge in [0.15, 0.2) is 6.23 Å². The SMILES string of the molecule is COCCO[C@H]1[C@@H](O)[C@@H](CO)O[C@H]1n1ccc(N)nc1=O. The Morgan fingerprint density at radius 3 is 2.90 bits per heavy atom. The third-order valence-electron chi connectivity index (χ3n) is 3.22. The molecule has 0 aliphatic carbocycles. The second-order valence-corrected chi connectivity index (χ2v) is 4.61. The van der Waals surface area contributed by atoms with Gasteiger partial charge in [-0.25, -0.2) is 4.79 Å². The van der Waals surface area contributed by atoms with Gasteiger partial charge in [-0.15, -0.1) is 0 Å². The molecule has 0 aromatic carbocycles. The van der Waals surface area contributed by atoms with Crippen molar-refractivity contribution < 1.29 is 24.4 Å². The zero-order valence-corrected chi connectivity index (χ0v) is 11.6. The van der Waals surface area contributed by atoms with Crippen LogP contribution in [0.1, 0.15) is 6.23 Å². The fourth-order valence-electron chi connectivity index (χ4n) is 2.16. The molecule has 1 aromatic rings. The van der Waals surface area contributed by atoms with Crippen molar-refractivity contribution in [1.82, 2.24) is 9.55 Å². The Morgan fingerprint density at radius 2 is 2.29 bits per heavy atom. The first kappa shape index (κ1) is 15.9. The lowest BCUT2D eigenvalue weighted by atomic mass is 10.1. The zero-order chi connectivity index (χ0) is 15.4. The largest absolute Gasteiger partial charge is 0.394 e. The molecule has 9 nitrogen and oxygen atoms in total. The van der Waals surface area contributed by atoms with E-state index in [9.17, 15) is 15.0 Å². The maximum absolute atomic E-state index is 11.9. The van der Waals surface area contributed by atoms with E-state index in [-0.39, 0.29) is 19.0 Å². The number of nitrogen functional groups attached to an aromatic ring is 1. The molecule has 2 heterocycles. The fourth-order valence-corrected chi connectivity index (χ4v) is 2.16. The zero-order valence-electron chi connectivity index (χ0n) is 11.6. The minimum atomic E-state index is -1.07. The molecule has 1 aliphatic rings. The lowest BCUT2D eigenvalue weighted by Gasteiger charge is -2.22. The maximum atomic E-state index is 11.9. The molecule has 1 aromatic heterocycles. The van der Waals surface area contributed by atoms with Gasteiger partial charge in [-0.3, -0.25) is 4.57 Å². The van der Waals surface area contributed by atoms with E-state index in [2.05, 4.69) is 4.98 Å². The number of rotatable bonds is 6. The number of aliphatic hydroxyl groups excluding tert-OH is 2. The quantitative estimate of drug-likeness (QED) is 0.520. The number of hydrogen-bond donors (Lipinski definition) is 3. The van der Waals surface area contributed by atoms with Crippen LogP contribution in [0.15, 0.2) is 17.1 Å². The van der Waals surface area contributed by atoms with E-state index in [0.29, 0.717) is 6.61 Å². The smallest absolute Gasteiger partial charge is 0.351 e. The van der Waals surface area contributed by atoms with Crippen LogP contribution in [0.5, 0.6) is 0 Å². The lowest BCUT2D eigenvalue weighted by molar-refractivity contribution is -0.0818. The minimum absolute atomic E-state index is 0.0883. The van der Waals surface area contributed by atoms with Crippen LogP contribution < -0.4 is 11.4 Å². The van der Waals surface area contributed by atoms with Crippen LogP contribution in [-0.4, -0.2) is 65.0 Å². The van der Waals surface area contributed by atoms with Gasteiger partial charge in [-0.1, -0.05) is 0 Å². The van der Waals surface area contributed by atoms with E-state index in [1.165, 1.54) is 23.9 Å². The number of nitrogens with zero attached hydrogens (tertiary/aromatic N) is 2. The van der Waals surface area contributed by atoms with Crippen molar-refractivity contribution in [3.8, 4) is 0 Å². The van der Waals surface area contributed by atoms with Gasteiger partial charge in [0, 0.05) is 13.3 Å². The summed E-state index contributed by atoms with van der Waals surface area (Å²) in [5, 5.41) is 19.3. The summed E-state index contributed by atoms with van der Waals surface area (Å²) < 4.78 is 17.0. The van der Waals surface area contributed by atoms with E-state index in [1.54, 1.807) is 0 Å². The van der Waals surface area contributed by atoms with Crippen LogP contribution in [0.4, 0.5) is 5.82 Å². The Kier molecular flexibility index (Phi) is 5.26. The number of hydrogen-bond acceptors (Lipinski definition) is 8. The molecule has 0 radical (unpaired) electrons. The summed E-state index contributed by atoms with van der Waals surface area (Å²) >= 11 is 0. The second kappa shape index (κ2) is 6.96. The summed E-state index contributed by atoms with van der Waals surface area (Å²) in [4.78, 5) is 15.5. The number of ether oxygens (including phenoxy) is 3. The first-order chi connectivity index (χ1) is 10.1. The van der Waals surface area contributed by atoms with Crippen molar-refractivity contribution in [3.63, 3.8) is 0 Å². The van der Waals surface area contributed by atoms with Crippen LogP contribution in [0.2, 0.25) is 0 Å². The fraction of sp³-hybridized carbons (Fsp3) is 0.667. The van der Waals surface area contributed by atoms with Crippen LogP contribution in [0.25, 0.3) is 0 Å². The molecule has 4 atom stereocenters. The third kappa shape index (κ3) is 3.39. The number of aliphatic hydroxyl groups is 2. The van der Waals surface area contributed by atoms with Crippen LogP contribution in [0, 0.1) is 0 Å². The third-order valence-corrected chi connectivity index (χ3v) is 3.22. The highest BCUT2D eigenvalue weighted by molar-refractivity contribution is 5.23. The van der Waals surface area contributed by atoms with E-state index in [1.807, 2.05) is 0 Å². The first-order valence-electron chi connectivity index (χ1n) is 6.48. The van der Waals surface area contributed by atoms with Crippen molar-refractivity contribution in [2.24, 2.45) is 0 Å². The van der Waals surface area contributed by atoms with Gasteiger partial charge in [0.05, 0.1) is 19.8 Å². The molecule has 0 saturated carbocycles. The predicted molar refractivity (Wildman–Crippen MR) is 71.5 cm³/mol. The van der Waals surface area contributed by atoms with Gasteiger partial charge < -0.3 is 30.2 Å². The van der Waals surface area contributed by atoms with Crippen molar-refractivity contribution >= 4 is 5.82 Å². The van der Waals surface area contributed by atoms with E-state index in [0.717, 1.165) is 0 Å². The minimum Gasteiger partial charge on any atom is -0.394 e. The van der Waals surface area contributed by atoms with Crippen molar-refractivity contribution in [3.05, 3.63) is 22.7 Å². The molecule has 9 heteroatoms. The van der Waals surface area contributed by atoms with E-state index >= 15 is 0 Å². The van der Waals surface area contributed by atoms with Crippen LogP contribution in [-0.2, 0) is 14.2 Å². The number of aromatic nitrogens is 2. The summed E-state index contributed by atoms with van der Waals surface area (Å²) in [6.45, 7) is 0.154. The Labute approximate surface area is 120 Å². The molecule has 0 amide bonds. The molecular formula is C12H19N3O6. The van der Waals surface area contributed by atoms with Crippen molar-refractivity contribution in [2.75, 3.05) is 32.7 Å². The van der Waals surface area contributed by atoms with Crippen LogP contribution >= 0.6 is 0 Å². The van der Waals surface area contributed by atoms with Gasteiger partial charge in [0.1, 0.15) is 24.1 Å². The summed E-state index contributed by atoms with van der Waals surface area (Å²) in [6, 6.07) is 1.44. The summed E-state index contributed by atoms with van der Waals surface area (Å²) in [5.74, 6) is 0.0883. The summed E-state index contributed by atoms with van der Waals surface area (Å²) in [6.07, 6.45) is -2.21. The maximum Gasteiger partial charge on any atom is 0.351 e. The number of anilines is 1. The molecule has 4 N–H and O–H groups in total. The number of nitrogens with two attached hydrogens (primary N) is 1. The van der Waals surface area contributed by atoms with E-state index < -0.39 is 30.2 Å². The summed E-state index contributed by atoms with van der Waals surface area (Å²) in [5.41, 5.74) is 4.82. The standard InChI is InChI=1S/C12H19N3O6/c1-19-4-5-20-10-9(17)7(6-16)21-11(10)15-3-2-8(13)14-12(15)18/h2-3,7,9-11,16-17H,4-6H2,1H3,(H2,13,14,18)/t7-,9+,10+,11-/m1/s1. The molecule has 1 saturated heterocycles. The van der Waals surface area contributed by atoms with Gasteiger partial charge in [0.25, 0.3) is 0 Å². The first-order valence-corrected chi connectivity index (χ1v) is 6.48. The molecule has 21 heavy (non-hydrogen) atoms. The van der Waals surface area contributed by atoms with Gasteiger partial charge in [0.2, 0.25) is 0 Å². The molecule has 0 bridgehead atoms. The average molecular weight is 301 g/mol. The van der Waals surface area contributed by atoms with E-state index in [4.69, 9.17) is 19.9 Å². The molecule has 2 rings (SSSR count). The molecule has 118 valence electrons. The number of methoxy groups -OCH3 is 1. The topological polar surface area (TPSA) is 129 Å².